The minimum Gasteiger partial charge on any atom is -0.378 e. The van der Waals surface area contributed by atoms with Gasteiger partial charge in [0.05, 0.1) is 23.5 Å². The highest BCUT2D eigenvalue weighted by atomic mass is 15.3. The Morgan fingerprint density at radius 1 is 1.35 bits per heavy atom. The topological polar surface area (TPSA) is 103 Å². The van der Waals surface area contributed by atoms with Crippen LogP contribution >= 0.6 is 0 Å². The molecule has 1 saturated heterocycles. The number of aromatic nitrogens is 2. The Kier molecular flexibility index (Phi) is 4.26. The fourth-order valence-electron chi connectivity index (χ4n) is 2.52. The van der Waals surface area contributed by atoms with Crippen molar-refractivity contribution in [2.24, 2.45) is 0 Å². The molecule has 1 aromatic carbocycles. The molecule has 2 aromatic rings. The number of benzene rings is 1. The molecule has 0 radical (unpaired) electrons. The predicted molar refractivity (Wildman–Crippen MR) is 90.0 cm³/mol. The van der Waals surface area contributed by atoms with E-state index in [1.54, 1.807) is 6.07 Å². The van der Waals surface area contributed by atoms with E-state index < -0.39 is 0 Å². The van der Waals surface area contributed by atoms with E-state index in [0.717, 1.165) is 30.3 Å². The Morgan fingerprint density at radius 2 is 2.13 bits per heavy atom. The zero-order valence-corrected chi connectivity index (χ0v) is 13.0. The lowest BCUT2D eigenvalue weighted by Crippen LogP contribution is -2.57. The molecule has 23 heavy (non-hydrogen) atoms. The molecule has 1 aliphatic heterocycles. The Hall–Kier alpha value is -2.85. The van der Waals surface area contributed by atoms with Gasteiger partial charge in [-0.1, -0.05) is 12.1 Å². The van der Waals surface area contributed by atoms with Gasteiger partial charge in [0.2, 0.25) is 5.95 Å². The largest absolute Gasteiger partial charge is 0.378 e. The van der Waals surface area contributed by atoms with E-state index in [2.05, 4.69) is 31.6 Å². The molecule has 2 heterocycles. The predicted octanol–water partition coefficient (Wildman–Crippen LogP) is 0.951. The van der Waals surface area contributed by atoms with Crippen molar-refractivity contribution in [3.05, 3.63) is 41.6 Å². The number of nitrogen functional groups attached to an aromatic ring is 1. The average Bonchev–Trinajstić information content (AvgIpc) is 2.52. The number of nitrogens with zero attached hydrogens (tertiary/aromatic N) is 4. The summed E-state index contributed by atoms with van der Waals surface area (Å²) < 4.78 is 0. The molecule has 0 unspecified atom stereocenters. The molecule has 3 rings (SSSR count). The van der Waals surface area contributed by atoms with Gasteiger partial charge in [0.25, 0.3) is 0 Å². The van der Waals surface area contributed by atoms with Crippen molar-refractivity contribution < 1.29 is 0 Å². The SMILES string of the molecule is CNC1CN(c2cc(CNc3ccccc3C#N)nc(N)n2)C1. The van der Waals surface area contributed by atoms with Crippen molar-refractivity contribution >= 4 is 17.5 Å². The van der Waals surface area contributed by atoms with Gasteiger partial charge in [-0.2, -0.15) is 10.2 Å². The summed E-state index contributed by atoms with van der Waals surface area (Å²) >= 11 is 0. The van der Waals surface area contributed by atoms with Gasteiger partial charge in [-0.3, -0.25) is 0 Å². The molecule has 0 aliphatic carbocycles. The molecule has 0 amide bonds. The van der Waals surface area contributed by atoms with Crippen LogP contribution in [0.15, 0.2) is 30.3 Å². The number of para-hydroxylation sites is 1. The van der Waals surface area contributed by atoms with Crippen LogP contribution in [0, 0.1) is 11.3 Å². The summed E-state index contributed by atoms with van der Waals surface area (Å²) in [6.07, 6.45) is 0. The highest BCUT2D eigenvalue weighted by molar-refractivity contribution is 5.57. The van der Waals surface area contributed by atoms with Crippen molar-refractivity contribution in [3.8, 4) is 6.07 Å². The quantitative estimate of drug-likeness (QED) is 0.755. The minimum atomic E-state index is 0.265. The van der Waals surface area contributed by atoms with Crippen molar-refractivity contribution in [1.82, 2.24) is 15.3 Å². The molecule has 118 valence electrons. The van der Waals surface area contributed by atoms with E-state index >= 15 is 0 Å². The van der Waals surface area contributed by atoms with Gasteiger partial charge >= 0.3 is 0 Å². The van der Waals surface area contributed by atoms with Crippen molar-refractivity contribution in [2.75, 3.05) is 36.1 Å². The number of hydrogen-bond acceptors (Lipinski definition) is 7. The molecule has 1 aromatic heterocycles. The van der Waals surface area contributed by atoms with Crippen LogP contribution in [0.1, 0.15) is 11.3 Å². The number of likely N-dealkylation sites (N-methyl/N-ethyl adjacent to an activating group) is 1. The van der Waals surface area contributed by atoms with E-state index in [-0.39, 0.29) is 5.95 Å². The summed E-state index contributed by atoms with van der Waals surface area (Å²) in [6.45, 7) is 2.32. The number of anilines is 3. The van der Waals surface area contributed by atoms with Crippen LogP contribution in [0.2, 0.25) is 0 Å². The Bertz CT molecular complexity index is 731. The molecule has 4 N–H and O–H groups in total. The second kappa shape index (κ2) is 6.50. The first kappa shape index (κ1) is 15.1. The van der Waals surface area contributed by atoms with Crippen LogP contribution in [0.5, 0.6) is 0 Å². The van der Waals surface area contributed by atoms with Crippen LogP contribution in [0.25, 0.3) is 0 Å². The smallest absolute Gasteiger partial charge is 0.222 e. The van der Waals surface area contributed by atoms with Gasteiger partial charge in [-0.05, 0) is 19.2 Å². The van der Waals surface area contributed by atoms with Gasteiger partial charge in [0.15, 0.2) is 0 Å². The third kappa shape index (κ3) is 3.33. The Morgan fingerprint density at radius 3 is 2.87 bits per heavy atom. The van der Waals surface area contributed by atoms with Crippen molar-refractivity contribution in [2.45, 2.75) is 12.6 Å². The zero-order chi connectivity index (χ0) is 16.2. The summed E-state index contributed by atoms with van der Waals surface area (Å²) in [5, 5.41) is 15.6. The number of hydrogen-bond donors (Lipinski definition) is 3. The first-order chi connectivity index (χ1) is 11.2. The van der Waals surface area contributed by atoms with Gasteiger partial charge in [0.1, 0.15) is 11.9 Å². The number of nitriles is 1. The van der Waals surface area contributed by atoms with Crippen molar-refractivity contribution in [1.29, 1.82) is 5.26 Å². The maximum atomic E-state index is 9.12. The third-order valence-corrected chi connectivity index (χ3v) is 3.90. The highest BCUT2D eigenvalue weighted by Gasteiger charge is 2.26. The lowest BCUT2D eigenvalue weighted by Gasteiger charge is -2.40. The van der Waals surface area contributed by atoms with E-state index in [4.69, 9.17) is 11.0 Å². The van der Waals surface area contributed by atoms with E-state index in [1.807, 2.05) is 31.3 Å². The van der Waals surface area contributed by atoms with E-state index in [1.165, 1.54) is 0 Å². The molecule has 1 fully saturated rings. The first-order valence-electron chi connectivity index (χ1n) is 7.48. The first-order valence-corrected chi connectivity index (χ1v) is 7.48. The van der Waals surface area contributed by atoms with Gasteiger partial charge < -0.3 is 21.3 Å². The lowest BCUT2D eigenvalue weighted by atomic mass is 10.1. The minimum absolute atomic E-state index is 0.265. The fourth-order valence-corrected chi connectivity index (χ4v) is 2.52. The van der Waals surface area contributed by atoms with Crippen molar-refractivity contribution in [3.63, 3.8) is 0 Å². The number of nitrogens with one attached hydrogen (secondary N) is 2. The Labute approximate surface area is 135 Å². The summed E-state index contributed by atoms with van der Waals surface area (Å²) in [5.41, 5.74) is 8.01. The monoisotopic (exact) mass is 309 g/mol. The summed E-state index contributed by atoms with van der Waals surface area (Å²) in [4.78, 5) is 10.7. The van der Waals surface area contributed by atoms with Gasteiger partial charge in [-0.25, -0.2) is 4.98 Å². The normalized spacial score (nSPS) is 14.2. The van der Waals surface area contributed by atoms with Crippen LogP contribution in [-0.4, -0.2) is 36.1 Å². The molecule has 0 saturated carbocycles. The third-order valence-electron chi connectivity index (χ3n) is 3.90. The van der Waals surface area contributed by atoms with Crippen LogP contribution in [-0.2, 0) is 6.54 Å². The molecule has 0 bridgehead atoms. The summed E-state index contributed by atoms with van der Waals surface area (Å²) in [6, 6.07) is 12.0. The molecule has 7 heteroatoms. The van der Waals surface area contributed by atoms with E-state index in [9.17, 15) is 0 Å². The second-order valence-corrected chi connectivity index (χ2v) is 5.48. The molecular weight excluding hydrogens is 290 g/mol. The molecule has 1 aliphatic rings. The number of nitrogens with two attached hydrogens (primary N) is 1. The van der Waals surface area contributed by atoms with E-state index in [0.29, 0.717) is 18.2 Å². The van der Waals surface area contributed by atoms with Crippen LogP contribution < -0.4 is 21.3 Å². The molecular formula is C16H19N7. The molecule has 0 spiro atoms. The van der Waals surface area contributed by atoms with Crippen LogP contribution in [0.4, 0.5) is 17.5 Å². The zero-order valence-electron chi connectivity index (χ0n) is 13.0. The summed E-state index contributed by atoms with van der Waals surface area (Å²) in [7, 11) is 1.96. The molecule has 0 atom stereocenters. The van der Waals surface area contributed by atoms with Gasteiger partial charge in [-0.15, -0.1) is 0 Å². The van der Waals surface area contributed by atoms with Crippen LogP contribution in [0.3, 0.4) is 0 Å². The second-order valence-electron chi connectivity index (χ2n) is 5.48. The summed E-state index contributed by atoms with van der Waals surface area (Å²) in [5.74, 6) is 1.11. The maximum absolute atomic E-state index is 9.12. The van der Waals surface area contributed by atoms with Gasteiger partial charge in [0, 0.05) is 25.2 Å². The number of rotatable bonds is 5. The average molecular weight is 309 g/mol. The standard InChI is InChI=1S/C16H19N7/c1-19-13-9-23(10-13)15-6-12(21-16(18)22-15)8-20-14-5-3-2-4-11(14)7-17/h2-6,13,19-20H,8-10H2,1H3,(H2,18,21,22). The highest BCUT2D eigenvalue weighted by Crippen LogP contribution is 2.21. The Balaban J connectivity index is 1.71. The lowest BCUT2D eigenvalue weighted by molar-refractivity contribution is 0.447. The molecule has 7 nitrogen and oxygen atoms in total. The maximum Gasteiger partial charge on any atom is 0.222 e. The fraction of sp³-hybridized carbons (Fsp3) is 0.312.